The summed E-state index contributed by atoms with van der Waals surface area (Å²) in [6, 6.07) is 5.68. The van der Waals surface area contributed by atoms with E-state index in [1.165, 1.54) is 12.1 Å². The molecule has 1 atom stereocenters. The number of hydrogen-bond acceptors (Lipinski definition) is 3. The molecular formula is C23H27F3N4O2. The second-order valence-electron chi connectivity index (χ2n) is 8.68. The first-order valence-corrected chi connectivity index (χ1v) is 11.0. The third kappa shape index (κ3) is 4.12. The molecule has 1 N–H and O–H groups in total. The van der Waals surface area contributed by atoms with Crippen LogP contribution in [0.15, 0.2) is 24.3 Å². The van der Waals surface area contributed by atoms with E-state index in [1.54, 1.807) is 15.9 Å². The zero-order chi connectivity index (χ0) is 23.0. The van der Waals surface area contributed by atoms with Gasteiger partial charge in [0.1, 0.15) is 0 Å². The Morgan fingerprint density at radius 3 is 2.50 bits per heavy atom. The van der Waals surface area contributed by atoms with E-state index < -0.39 is 11.7 Å². The van der Waals surface area contributed by atoms with Gasteiger partial charge in [0, 0.05) is 24.6 Å². The van der Waals surface area contributed by atoms with Crippen LogP contribution >= 0.6 is 0 Å². The van der Waals surface area contributed by atoms with E-state index in [4.69, 9.17) is 0 Å². The minimum atomic E-state index is -4.39. The lowest BCUT2D eigenvalue weighted by Crippen LogP contribution is -2.39. The number of amides is 2. The predicted molar refractivity (Wildman–Crippen MR) is 112 cm³/mol. The number of halogens is 3. The zero-order valence-corrected chi connectivity index (χ0v) is 18.2. The normalized spacial score (nSPS) is 18.0. The van der Waals surface area contributed by atoms with Crippen LogP contribution in [-0.2, 0) is 24.1 Å². The molecule has 0 radical (unpaired) electrons. The highest BCUT2D eigenvalue weighted by Crippen LogP contribution is 2.39. The van der Waals surface area contributed by atoms with Crippen LogP contribution in [-0.4, -0.2) is 44.9 Å². The van der Waals surface area contributed by atoms with Crippen molar-refractivity contribution in [2.24, 2.45) is 5.92 Å². The highest BCUT2D eigenvalue weighted by Gasteiger charge is 2.37. The van der Waals surface area contributed by atoms with E-state index in [0.717, 1.165) is 23.7 Å². The summed E-state index contributed by atoms with van der Waals surface area (Å²) >= 11 is 0. The molecule has 9 heteroatoms. The third-order valence-corrected chi connectivity index (χ3v) is 6.69. The first kappa shape index (κ1) is 22.4. The van der Waals surface area contributed by atoms with E-state index in [1.807, 2.05) is 13.8 Å². The molecule has 2 amide bonds. The Labute approximate surface area is 184 Å². The summed E-state index contributed by atoms with van der Waals surface area (Å²) in [6.45, 7) is 5.35. The number of benzene rings is 1. The molecular weight excluding hydrogens is 421 g/mol. The van der Waals surface area contributed by atoms with Gasteiger partial charge in [-0.15, -0.1) is 0 Å². The van der Waals surface area contributed by atoms with Crippen LogP contribution in [0.25, 0.3) is 0 Å². The lowest BCUT2D eigenvalue weighted by atomic mass is 9.86. The average Bonchev–Trinajstić information content (AvgIpc) is 3.38. The summed E-state index contributed by atoms with van der Waals surface area (Å²) < 4.78 is 40.1. The highest BCUT2D eigenvalue weighted by atomic mass is 19.4. The van der Waals surface area contributed by atoms with E-state index in [9.17, 15) is 22.8 Å². The Bertz CT molecular complexity index is 1010. The van der Waals surface area contributed by atoms with Crippen LogP contribution in [0, 0.1) is 5.92 Å². The molecule has 1 aromatic carbocycles. The van der Waals surface area contributed by atoms with Crippen LogP contribution in [0.4, 0.5) is 13.2 Å². The van der Waals surface area contributed by atoms with Crippen molar-refractivity contribution < 1.29 is 22.8 Å². The molecule has 32 heavy (non-hydrogen) atoms. The first-order valence-electron chi connectivity index (χ1n) is 11.0. The van der Waals surface area contributed by atoms with Gasteiger partial charge in [0.2, 0.25) is 5.91 Å². The fourth-order valence-corrected chi connectivity index (χ4v) is 4.61. The second-order valence-corrected chi connectivity index (χ2v) is 8.68. The number of nitrogens with one attached hydrogen (secondary N) is 1. The van der Waals surface area contributed by atoms with E-state index >= 15 is 0 Å². The molecule has 2 aliphatic rings. The molecule has 0 aliphatic carbocycles. The fourth-order valence-electron chi connectivity index (χ4n) is 4.61. The highest BCUT2D eigenvalue weighted by molar-refractivity contribution is 5.94. The molecule has 1 unspecified atom stereocenters. The van der Waals surface area contributed by atoms with Gasteiger partial charge >= 0.3 is 6.18 Å². The third-order valence-electron chi connectivity index (χ3n) is 6.69. The molecule has 2 aliphatic heterocycles. The summed E-state index contributed by atoms with van der Waals surface area (Å²) in [6.07, 6.45) is -2.72. The minimum Gasteiger partial charge on any atom is -0.337 e. The molecule has 0 spiro atoms. The maximum absolute atomic E-state index is 13.4. The van der Waals surface area contributed by atoms with Gasteiger partial charge in [0.25, 0.3) is 5.91 Å². The molecule has 1 fully saturated rings. The molecule has 0 bridgehead atoms. The van der Waals surface area contributed by atoms with Crippen LogP contribution in [0.5, 0.6) is 0 Å². The molecule has 1 saturated heterocycles. The number of fused-ring (bicyclic) bond motifs is 1. The summed E-state index contributed by atoms with van der Waals surface area (Å²) in [5, 5.41) is 7.08. The molecule has 0 saturated carbocycles. The van der Waals surface area contributed by atoms with Crippen LogP contribution in [0.3, 0.4) is 0 Å². The monoisotopic (exact) mass is 448 g/mol. The topological polar surface area (TPSA) is 69.3 Å². The Balaban J connectivity index is 1.43. The number of rotatable bonds is 4. The van der Waals surface area contributed by atoms with Crippen LogP contribution < -0.4 is 0 Å². The summed E-state index contributed by atoms with van der Waals surface area (Å²) in [7, 11) is 0. The number of carbonyl (C=O) groups is 2. The lowest BCUT2D eigenvalue weighted by molar-refractivity contribution is -0.138. The average molecular weight is 448 g/mol. The van der Waals surface area contributed by atoms with Crippen molar-refractivity contribution in [3.63, 3.8) is 0 Å². The summed E-state index contributed by atoms with van der Waals surface area (Å²) in [5.74, 6) is -0.502. The Morgan fingerprint density at radius 1 is 1.16 bits per heavy atom. The van der Waals surface area contributed by atoms with E-state index in [-0.39, 0.29) is 23.7 Å². The SMILES string of the molecule is CCC(C)C(=O)N1Cc2[nH]nc(C(=O)N3CCC(c4ccccc4C(F)(F)F)CC3)c2C1. The molecule has 2 aromatic rings. The van der Waals surface area contributed by atoms with Crippen molar-refractivity contribution in [2.75, 3.05) is 13.1 Å². The standard InChI is InChI=1S/C23H27F3N4O2/c1-3-14(2)21(31)30-12-17-19(13-30)27-28-20(17)22(32)29-10-8-15(9-11-29)16-6-4-5-7-18(16)23(24,25)26/h4-7,14-15H,3,8-13H2,1-2H3,(H,27,28). The van der Waals surface area contributed by atoms with Gasteiger partial charge in [-0.2, -0.15) is 18.3 Å². The minimum absolute atomic E-state index is 0.0552. The van der Waals surface area contributed by atoms with E-state index in [2.05, 4.69) is 10.2 Å². The lowest BCUT2D eigenvalue weighted by Gasteiger charge is -2.33. The van der Waals surface area contributed by atoms with Crippen LogP contribution in [0.1, 0.15) is 71.9 Å². The summed E-state index contributed by atoms with van der Waals surface area (Å²) in [5.41, 5.74) is 1.54. The second kappa shape index (κ2) is 8.60. The van der Waals surface area contributed by atoms with Gasteiger partial charge in [-0.05, 0) is 36.8 Å². The van der Waals surface area contributed by atoms with Gasteiger partial charge in [-0.3, -0.25) is 14.7 Å². The number of alkyl halides is 3. The van der Waals surface area contributed by atoms with Gasteiger partial charge in [0.15, 0.2) is 5.69 Å². The number of carbonyl (C=O) groups excluding carboxylic acids is 2. The van der Waals surface area contributed by atoms with Gasteiger partial charge in [-0.1, -0.05) is 32.0 Å². The van der Waals surface area contributed by atoms with Crippen molar-refractivity contribution in [3.05, 3.63) is 52.3 Å². The van der Waals surface area contributed by atoms with Crippen molar-refractivity contribution in [2.45, 2.75) is 58.3 Å². The largest absolute Gasteiger partial charge is 0.416 e. The number of aromatic nitrogens is 2. The quantitative estimate of drug-likeness (QED) is 0.757. The number of nitrogens with zero attached hydrogens (tertiary/aromatic N) is 3. The molecule has 172 valence electrons. The molecule has 3 heterocycles. The molecule has 4 rings (SSSR count). The van der Waals surface area contributed by atoms with Crippen LogP contribution in [0.2, 0.25) is 0 Å². The first-order chi connectivity index (χ1) is 15.2. The Hall–Kier alpha value is -2.84. The molecule has 1 aromatic heterocycles. The van der Waals surface area contributed by atoms with Crippen molar-refractivity contribution in [3.8, 4) is 0 Å². The van der Waals surface area contributed by atoms with Crippen molar-refractivity contribution in [1.29, 1.82) is 0 Å². The van der Waals surface area contributed by atoms with Crippen molar-refractivity contribution >= 4 is 11.8 Å². The van der Waals surface area contributed by atoms with Crippen molar-refractivity contribution in [1.82, 2.24) is 20.0 Å². The maximum atomic E-state index is 13.4. The number of likely N-dealkylation sites (tertiary alicyclic amines) is 1. The number of aromatic amines is 1. The van der Waals surface area contributed by atoms with Gasteiger partial charge in [0.05, 0.1) is 24.3 Å². The smallest absolute Gasteiger partial charge is 0.337 e. The Morgan fingerprint density at radius 2 is 1.84 bits per heavy atom. The van der Waals surface area contributed by atoms with Gasteiger partial charge < -0.3 is 9.80 Å². The maximum Gasteiger partial charge on any atom is 0.416 e. The van der Waals surface area contributed by atoms with E-state index in [0.29, 0.717) is 50.3 Å². The zero-order valence-electron chi connectivity index (χ0n) is 18.2. The number of piperidine rings is 1. The summed E-state index contributed by atoms with van der Waals surface area (Å²) in [4.78, 5) is 29.0. The Kier molecular flexibility index (Phi) is 6.01. The number of H-pyrrole nitrogens is 1. The number of hydrogen-bond donors (Lipinski definition) is 1. The predicted octanol–water partition coefficient (Wildman–Crippen LogP) is 4.34. The molecule has 6 nitrogen and oxygen atoms in total. The fraction of sp³-hybridized carbons (Fsp3) is 0.522. The van der Waals surface area contributed by atoms with Gasteiger partial charge in [-0.25, -0.2) is 0 Å².